The molecule has 0 unspecified atom stereocenters. The molecular formula is C21H33N3O5. The van der Waals surface area contributed by atoms with Gasteiger partial charge in [-0.05, 0) is 56.7 Å². The highest BCUT2D eigenvalue weighted by atomic mass is 16.5. The quantitative estimate of drug-likeness (QED) is 0.499. The molecule has 1 aliphatic heterocycles. The van der Waals surface area contributed by atoms with Gasteiger partial charge in [-0.15, -0.1) is 0 Å². The maximum atomic E-state index is 11.7. The van der Waals surface area contributed by atoms with E-state index in [1.165, 1.54) is 0 Å². The van der Waals surface area contributed by atoms with Crippen LogP contribution in [0.5, 0.6) is 0 Å². The molecule has 29 heavy (non-hydrogen) atoms. The van der Waals surface area contributed by atoms with E-state index in [0.717, 1.165) is 24.1 Å². The van der Waals surface area contributed by atoms with Crippen molar-refractivity contribution in [3.63, 3.8) is 0 Å². The highest BCUT2D eigenvalue weighted by molar-refractivity contribution is 5.92. The Hall–Kier alpha value is -2.32. The number of rotatable bonds is 9. The fourth-order valence-electron chi connectivity index (χ4n) is 3.82. The molecule has 1 aromatic carbocycles. The van der Waals surface area contributed by atoms with Gasteiger partial charge in [0, 0.05) is 25.8 Å². The normalized spacial score (nSPS) is 16.3. The van der Waals surface area contributed by atoms with Crippen LogP contribution in [0.1, 0.15) is 57.9 Å². The Bertz CT molecular complexity index is 711. The number of carboxylic acid groups (broad SMARTS) is 1. The number of nitrogens with one attached hydrogen (secondary N) is 1. The van der Waals surface area contributed by atoms with Gasteiger partial charge in [0.15, 0.2) is 0 Å². The van der Waals surface area contributed by atoms with Gasteiger partial charge in [-0.1, -0.05) is 13.0 Å². The van der Waals surface area contributed by atoms with Crippen LogP contribution in [-0.2, 0) is 9.53 Å². The van der Waals surface area contributed by atoms with Gasteiger partial charge in [0.1, 0.15) is 0 Å². The molecule has 0 aliphatic carbocycles. The lowest BCUT2D eigenvalue weighted by atomic mass is 9.92. The minimum absolute atomic E-state index is 0.0131. The van der Waals surface area contributed by atoms with E-state index in [4.69, 9.17) is 10.5 Å². The SMILES string of the molecule is CC[C@H](CC(=O)O)c1ccc(N(CC(C)(C)O)C2CCOCC2)c(NC(N)=O)c1. The molecule has 8 heteroatoms. The van der Waals surface area contributed by atoms with Gasteiger partial charge < -0.3 is 30.9 Å². The van der Waals surface area contributed by atoms with E-state index in [9.17, 15) is 19.8 Å². The van der Waals surface area contributed by atoms with Crippen LogP contribution in [0.25, 0.3) is 0 Å². The number of urea groups is 1. The molecule has 0 saturated carbocycles. The van der Waals surface area contributed by atoms with Gasteiger partial charge in [-0.25, -0.2) is 4.79 Å². The number of carbonyl (C=O) groups excluding carboxylic acids is 1. The number of primary amides is 1. The summed E-state index contributed by atoms with van der Waals surface area (Å²) in [6.45, 7) is 7.08. The van der Waals surface area contributed by atoms with Crippen molar-refractivity contribution >= 4 is 23.4 Å². The molecule has 0 radical (unpaired) electrons. The molecule has 1 saturated heterocycles. The first kappa shape index (κ1) is 23.0. The molecule has 0 aromatic heterocycles. The Labute approximate surface area is 172 Å². The summed E-state index contributed by atoms with van der Waals surface area (Å²) in [5.41, 5.74) is 6.57. The summed E-state index contributed by atoms with van der Waals surface area (Å²) in [4.78, 5) is 25.0. The highest BCUT2D eigenvalue weighted by Crippen LogP contribution is 2.35. The second-order valence-corrected chi connectivity index (χ2v) is 8.25. The molecule has 162 valence electrons. The third-order valence-corrected chi connectivity index (χ3v) is 5.16. The Kier molecular flexibility index (Phi) is 7.87. The van der Waals surface area contributed by atoms with Gasteiger partial charge >= 0.3 is 12.0 Å². The van der Waals surface area contributed by atoms with Gasteiger partial charge in [0.05, 0.1) is 23.4 Å². The minimum Gasteiger partial charge on any atom is -0.481 e. The Morgan fingerprint density at radius 3 is 2.52 bits per heavy atom. The molecule has 2 rings (SSSR count). The van der Waals surface area contributed by atoms with Crippen molar-refractivity contribution in [3.05, 3.63) is 23.8 Å². The number of nitrogens with two attached hydrogens (primary N) is 1. The molecule has 0 spiro atoms. The van der Waals surface area contributed by atoms with Crippen LogP contribution < -0.4 is 16.0 Å². The summed E-state index contributed by atoms with van der Waals surface area (Å²) in [6, 6.07) is 5.04. The van der Waals surface area contributed by atoms with Crippen molar-refractivity contribution in [2.45, 2.75) is 64.0 Å². The molecule has 1 heterocycles. The first-order valence-electron chi connectivity index (χ1n) is 10.1. The Morgan fingerprint density at radius 1 is 1.34 bits per heavy atom. The summed E-state index contributed by atoms with van der Waals surface area (Å²) in [5, 5.41) is 22.4. The lowest BCUT2D eigenvalue weighted by molar-refractivity contribution is -0.137. The molecule has 1 fully saturated rings. The highest BCUT2D eigenvalue weighted by Gasteiger charge is 2.29. The number of carbonyl (C=O) groups is 2. The van der Waals surface area contributed by atoms with Crippen LogP contribution in [0.4, 0.5) is 16.2 Å². The number of nitrogens with zero attached hydrogens (tertiary/aromatic N) is 1. The van der Waals surface area contributed by atoms with Gasteiger partial charge in [-0.3, -0.25) is 4.79 Å². The number of amides is 2. The zero-order chi connectivity index (χ0) is 21.6. The number of hydrogen-bond acceptors (Lipinski definition) is 5. The van der Waals surface area contributed by atoms with E-state index >= 15 is 0 Å². The second-order valence-electron chi connectivity index (χ2n) is 8.25. The lowest BCUT2D eigenvalue weighted by Gasteiger charge is -2.40. The molecule has 1 aromatic rings. The van der Waals surface area contributed by atoms with Crippen molar-refractivity contribution in [2.24, 2.45) is 5.73 Å². The number of aliphatic hydroxyl groups is 1. The second kappa shape index (κ2) is 9.93. The van der Waals surface area contributed by atoms with E-state index in [1.807, 2.05) is 19.1 Å². The molecular weight excluding hydrogens is 374 g/mol. The number of anilines is 2. The number of aliphatic carboxylic acids is 1. The van der Waals surface area contributed by atoms with Crippen LogP contribution in [0.3, 0.4) is 0 Å². The predicted octanol–water partition coefficient (Wildman–Crippen LogP) is 2.90. The lowest BCUT2D eigenvalue weighted by Crippen LogP contribution is -2.47. The van der Waals surface area contributed by atoms with E-state index < -0.39 is 17.6 Å². The van der Waals surface area contributed by atoms with Gasteiger partial charge in [0.2, 0.25) is 0 Å². The standard InChI is InChI=1S/C21H33N3O5/c1-4-14(12-19(25)26)15-5-6-18(17(11-15)23-20(22)27)24(13-21(2,3)28)16-7-9-29-10-8-16/h5-6,11,14,16,28H,4,7-10,12-13H2,1-3H3,(H,25,26)(H3,22,23,27)/t14-/m1/s1. The first-order chi connectivity index (χ1) is 13.6. The van der Waals surface area contributed by atoms with Crippen molar-refractivity contribution < 1.29 is 24.5 Å². The van der Waals surface area contributed by atoms with Crippen LogP contribution >= 0.6 is 0 Å². The van der Waals surface area contributed by atoms with Gasteiger partial charge in [-0.2, -0.15) is 0 Å². The van der Waals surface area contributed by atoms with Crippen LogP contribution in [0.2, 0.25) is 0 Å². The maximum Gasteiger partial charge on any atom is 0.316 e. The van der Waals surface area contributed by atoms with Crippen molar-refractivity contribution in [2.75, 3.05) is 30.0 Å². The van der Waals surface area contributed by atoms with Crippen molar-refractivity contribution in [1.82, 2.24) is 0 Å². The van der Waals surface area contributed by atoms with Crippen molar-refractivity contribution in [3.8, 4) is 0 Å². The topological polar surface area (TPSA) is 125 Å². The van der Waals surface area contributed by atoms with Crippen molar-refractivity contribution in [1.29, 1.82) is 0 Å². The van der Waals surface area contributed by atoms with Crippen LogP contribution in [-0.4, -0.2) is 53.6 Å². The first-order valence-corrected chi connectivity index (χ1v) is 10.1. The fraction of sp³-hybridized carbons (Fsp3) is 0.619. The molecule has 1 aliphatic rings. The minimum atomic E-state index is -0.948. The molecule has 5 N–H and O–H groups in total. The van der Waals surface area contributed by atoms with E-state index in [2.05, 4.69) is 10.2 Å². The van der Waals surface area contributed by atoms with Gasteiger partial charge in [0.25, 0.3) is 0 Å². The average molecular weight is 408 g/mol. The predicted molar refractivity (Wildman–Crippen MR) is 112 cm³/mol. The van der Waals surface area contributed by atoms with E-state index in [1.54, 1.807) is 19.9 Å². The van der Waals surface area contributed by atoms with E-state index in [-0.39, 0.29) is 18.4 Å². The molecule has 2 amide bonds. The Balaban J connectivity index is 2.47. The monoisotopic (exact) mass is 407 g/mol. The number of carboxylic acids is 1. The van der Waals surface area contributed by atoms with Crippen LogP contribution in [0, 0.1) is 0 Å². The van der Waals surface area contributed by atoms with E-state index in [0.29, 0.717) is 31.9 Å². The smallest absolute Gasteiger partial charge is 0.316 e. The molecule has 1 atom stereocenters. The fourth-order valence-corrected chi connectivity index (χ4v) is 3.82. The summed E-state index contributed by atoms with van der Waals surface area (Å²) < 4.78 is 5.48. The van der Waals surface area contributed by atoms with Crippen LogP contribution in [0.15, 0.2) is 18.2 Å². The zero-order valence-electron chi connectivity index (χ0n) is 17.5. The maximum absolute atomic E-state index is 11.7. The third kappa shape index (κ3) is 6.90. The zero-order valence-corrected chi connectivity index (χ0v) is 17.5. The third-order valence-electron chi connectivity index (χ3n) is 5.16. The number of ether oxygens (including phenoxy) is 1. The number of benzene rings is 1. The molecule has 0 bridgehead atoms. The number of hydrogen-bond donors (Lipinski definition) is 4. The Morgan fingerprint density at radius 2 is 2.00 bits per heavy atom. The summed E-state index contributed by atoms with van der Waals surface area (Å²) in [6.07, 6.45) is 2.29. The average Bonchev–Trinajstić information content (AvgIpc) is 2.64. The summed E-state index contributed by atoms with van der Waals surface area (Å²) in [7, 11) is 0. The summed E-state index contributed by atoms with van der Waals surface area (Å²) in [5.74, 6) is -1.03. The largest absolute Gasteiger partial charge is 0.481 e. The summed E-state index contributed by atoms with van der Waals surface area (Å²) >= 11 is 0. The molecule has 8 nitrogen and oxygen atoms in total.